The highest BCUT2D eigenvalue weighted by atomic mass is 79.9. The number of halogens is 4. The number of rotatable bonds is 0. The summed E-state index contributed by atoms with van der Waals surface area (Å²) >= 11 is 3.67. The fourth-order valence-electron chi connectivity index (χ4n) is 1.22. The van der Waals surface area contributed by atoms with E-state index in [2.05, 4.69) is 20.9 Å². The second kappa shape index (κ2) is 3.56. The molecular formula is C8H4BrF3N2OS. The summed E-state index contributed by atoms with van der Waals surface area (Å²) in [4.78, 5) is 15.8. The molecule has 0 aliphatic carbocycles. The number of hydrogen-bond acceptors (Lipinski definition) is 3. The summed E-state index contributed by atoms with van der Waals surface area (Å²) in [7, 11) is 0. The van der Waals surface area contributed by atoms with Crippen LogP contribution in [0, 0.1) is 6.92 Å². The number of aromatic nitrogens is 2. The highest BCUT2D eigenvalue weighted by molar-refractivity contribution is 9.10. The quantitative estimate of drug-likeness (QED) is 0.749. The van der Waals surface area contributed by atoms with E-state index in [9.17, 15) is 18.0 Å². The predicted molar refractivity (Wildman–Crippen MR) is 56.8 cm³/mol. The molecular weight excluding hydrogens is 309 g/mol. The van der Waals surface area contributed by atoms with Crippen LogP contribution in [-0.4, -0.2) is 9.38 Å². The minimum Gasteiger partial charge on any atom is -0.268 e. The van der Waals surface area contributed by atoms with Gasteiger partial charge in [0.2, 0.25) is 0 Å². The lowest BCUT2D eigenvalue weighted by molar-refractivity contribution is -0.141. The van der Waals surface area contributed by atoms with Crippen molar-refractivity contribution in [2.45, 2.75) is 13.1 Å². The third-order valence-corrected chi connectivity index (χ3v) is 3.47. The van der Waals surface area contributed by atoms with Crippen molar-refractivity contribution in [1.82, 2.24) is 9.38 Å². The van der Waals surface area contributed by atoms with Gasteiger partial charge in [0.05, 0.1) is 0 Å². The first-order valence-corrected chi connectivity index (χ1v) is 5.67. The predicted octanol–water partition coefficient (Wildman–Crippen LogP) is 2.85. The number of nitrogens with zero attached hydrogens (tertiary/aromatic N) is 2. The molecule has 0 saturated heterocycles. The van der Waals surface area contributed by atoms with Gasteiger partial charge in [-0.3, -0.25) is 9.20 Å². The highest BCUT2D eigenvalue weighted by Gasteiger charge is 2.37. The molecule has 2 heterocycles. The highest BCUT2D eigenvalue weighted by Crippen LogP contribution is 2.32. The van der Waals surface area contributed by atoms with Gasteiger partial charge >= 0.3 is 6.18 Å². The first kappa shape index (κ1) is 11.6. The Balaban J connectivity index is 2.89. The van der Waals surface area contributed by atoms with E-state index in [1.807, 2.05) is 0 Å². The average Bonchev–Trinajstić information content (AvgIpc) is 2.51. The van der Waals surface area contributed by atoms with Crippen LogP contribution in [0.5, 0.6) is 0 Å². The molecule has 0 spiro atoms. The maximum Gasteiger partial charge on any atom is 0.434 e. The summed E-state index contributed by atoms with van der Waals surface area (Å²) in [5.41, 5.74) is -1.93. The van der Waals surface area contributed by atoms with Crippen molar-refractivity contribution in [3.8, 4) is 0 Å². The van der Waals surface area contributed by atoms with Crippen molar-refractivity contribution in [1.29, 1.82) is 0 Å². The molecule has 86 valence electrons. The number of hydrogen-bond donors (Lipinski definition) is 0. The van der Waals surface area contributed by atoms with Gasteiger partial charge in [0.25, 0.3) is 5.56 Å². The Labute approximate surface area is 99.7 Å². The van der Waals surface area contributed by atoms with Gasteiger partial charge in [-0.25, -0.2) is 4.98 Å². The summed E-state index contributed by atoms with van der Waals surface area (Å²) in [5.74, 6) is 0. The Morgan fingerprint density at radius 1 is 1.50 bits per heavy atom. The minimum absolute atomic E-state index is 0.0398. The molecule has 0 unspecified atom stereocenters. The summed E-state index contributed by atoms with van der Waals surface area (Å²) < 4.78 is 38.1. The van der Waals surface area contributed by atoms with Gasteiger partial charge in [-0.15, -0.1) is 11.3 Å². The van der Waals surface area contributed by atoms with E-state index in [4.69, 9.17) is 0 Å². The monoisotopic (exact) mass is 312 g/mol. The van der Waals surface area contributed by atoms with Gasteiger partial charge in [0.15, 0.2) is 10.7 Å². The van der Waals surface area contributed by atoms with E-state index in [-0.39, 0.29) is 4.96 Å². The molecule has 0 radical (unpaired) electrons. The molecule has 16 heavy (non-hydrogen) atoms. The van der Waals surface area contributed by atoms with Crippen LogP contribution in [0.4, 0.5) is 13.2 Å². The molecule has 0 aliphatic heterocycles. The summed E-state index contributed by atoms with van der Waals surface area (Å²) in [6.07, 6.45) is -3.18. The van der Waals surface area contributed by atoms with Crippen molar-refractivity contribution < 1.29 is 13.2 Å². The molecule has 0 aromatic carbocycles. The molecule has 2 rings (SSSR count). The van der Waals surface area contributed by atoms with Gasteiger partial charge in [-0.05, 0) is 22.9 Å². The number of thiazole rings is 1. The molecule has 0 atom stereocenters. The zero-order chi connectivity index (χ0) is 12.1. The lowest BCUT2D eigenvalue weighted by atomic mass is 10.4. The fraction of sp³-hybridized carbons (Fsp3) is 0.250. The van der Waals surface area contributed by atoms with Crippen molar-refractivity contribution in [3.63, 3.8) is 0 Å². The summed E-state index contributed by atoms with van der Waals surface area (Å²) in [6.45, 7) is 1.69. The van der Waals surface area contributed by atoms with Crippen LogP contribution in [0.3, 0.4) is 0 Å². The van der Waals surface area contributed by atoms with Crippen LogP contribution in [0.15, 0.2) is 15.5 Å². The average molecular weight is 313 g/mol. The lowest BCUT2D eigenvalue weighted by Gasteiger charge is -2.07. The van der Waals surface area contributed by atoms with E-state index in [1.54, 1.807) is 6.92 Å². The molecule has 2 aromatic rings. The molecule has 8 heteroatoms. The van der Waals surface area contributed by atoms with Gasteiger partial charge in [0.1, 0.15) is 4.47 Å². The third-order valence-electron chi connectivity index (χ3n) is 1.86. The Morgan fingerprint density at radius 3 is 2.69 bits per heavy atom. The van der Waals surface area contributed by atoms with Crippen LogP contribution < -0.4 is 5.56 Å². The molecule has 3 nitrogen and oxygen atoms in total. The van der Waals surface area contributed by atoms with E-state index in [0.29, 0.717) is 0 Å². The lowest BCUT2D eigenvalue weighted by Crippen LogP contribution is -2.21. The van der Waals surface area contributed by atoms with Crippen molar-refractivity contribution in [2.24, 2.45) is 0 Å². The van der Waals surface area contributed by atoms with E-state index < -0.39 is 21.9 Å². The third kappa shape index (κ3) is 1.75. The Bertz CT molecular complexity index is 616. The van der Waals surface area contributed by atoms with Gasteiger partial charge < -0.3 is 0 Å². The normalized spacial score (nSPS) is 12.3. The van der Waals surface area contributed by atoms with Gasteiger partial charge in [-0.2, -0.15) is 13.2 Å². The molecule has 0 fully saturated rings. The molecule has 0 saturated carbocycles. The Kier molecular flexibility index (Phi) is 2.58. The Morgan fingerprint density at radius 2 is 2.12 bits per heavy atom. The maximum absolute atomic E-state index is 12.5. The van der Waals surface area contributed by atoms with Crippen LogP contribution >= 0.6 is 27.3 Å². The number of alkyl halides is 3. The first-order valence-electron chi connectivity index (χ1n) is 4.06. The zero-order valence-electron chi connectivity index (χ0n) is 7.80. The first-order chi connectivity index (χ1) is 7.30. The molecule has 0 aliphatic rings. The SMILES string of the molecule is Cc1cn2c(=O)c(Br)c(C(F)(F)F)nc2s1. The van der Waals surface area contributed by atoms with Crippen molar-refractivity contribution in [3.05, 3.63) is 31.6 Å². The smallest absolute Gasteiger partial charge is 0.268 e. The summed E-state index contributed by atoms with van der Waals surface area (Å²) in [5, 5.41) is 0. The van der Waals surface area contributed by atoms with E-state index in [0.717, 1.165) is 20.6 Å². The number of aryl methyl sites for hydroxylation is 1. The topological polar surface area (TPSA) is 34.4 Å². The summed E-state index contributed by atoms with van der Waals surface area (Å²) in [6, 6.07) is 0. The molecule has 2 aromatic heterocycles. The van der Waals surface area contributed by atoms with Crippen LogP contribution in [-0.2, 0) is 6.18 Å². The van der Waals surface area contributed by atoms with Crippen LogP contribution in [0.25, 0.3) is 4.96 Å². The van der Waals surface area contributed by atoms with Crippen molar-refractivity contribution >= 4 is 32.2 Å². The van der Waals surface area contributed by atoms with Crippen LogP contribution in [0.1, 0.15) is 10.6 Å². The molecule has 0 amide bonds. The standard InChI is InChI=1S/C8H4BrF3N2OS/c1-3-2-14-6(15)4(9)5(8(10,11)12)13-7(14)16-3/h2H,1H3. The second-order valence-corrected chi connectivity index (χ2v) is 5.08. The van der Waals surface area contributed by atoms with Crippen molar-refractivity contribution in [2.75, 3.05) is 0 Å². The van der Waals surface area contributed by atoms with E-state index in [1.165, 1.54) is 6.20 Å². The number of fused-ring (bicyclic) bond motifs is 1. The largest absolute Gasteiger partial charge is 0.434 e. The fourth-order valence-corrected chi connectivity index (χ4v) is 2.54. The van der Waals surface area contributed by atoms with Gasteiger partial charge in [0, 0.05) is 11.1 Å². The second-order valence-electron chi connectivity index (χ2n) is 3.07. The van der Waals surface area contributed by atoms with Gasteiger partial charge in [-0.1, -0.05) is 0 Å². The zero-order valence-corrected chi connectivity index (χ0v) is 10.2. The maximum atomic E-state index is 12.5. The van der Waals surface area contributed by atoms with E-state index >= 15 is 0 Å². The minimum atomic E-state index is -4.63. The van der Waals surface area contributed by atoms with Crippen LogP contribution in [0.2, 0.25) is 0 Å². The Hall–Kier alpha value is -0.890. The molecule has 0 bridgehead atoms. The molecule has 0 N–H and O–H groups in total.